The van der Waals surface area contributed by atoms with Gasteiger partial charge >= 0.3 is 12.0 Å². The van der Waals surface area contributed by atoms with E-state index in [2.05, 4.69) is 16.0 Å². The van der Waals surface area contributed by atoms with Crippen LogP contribution in [0.25, 0.3) is 0 Å². The van der Waals surface area contributed by atoms with E-state index in [-0.39, 0.29) is 49.0 Å². The Bertz CT molecular complexity index is 1390. The highest BCUT2D eigenvalue weighted by Gasteiger charge is 2.44. The first kappa shape index (κ1) is 44.6. The van der Waals surface area contributed by atoms with E-state index >= 15 is 0 Å². The Kier molecular flexibility index (Phi) is 17.2. The fourth-order valence-electron chi connectivity index (χ4n) is 7.87. The monoisotopic (exact) mass is 759 g/mol. The van der Waals surface area contributed by atoms with Crippen molar-refractivity contribution in [2.45, 2.75) is 128 Å². The molecule has 1 heterocycles. The van der Waals surface area contributed by atoms with E-state index < -0.39 is 59.8 Å². The number of carbonyl (C=O) groups is 5. The van der Waals surface area contributed by atoms with Crippen molar-refractivity contribution in [1.82, 2.24) is 25.8 Å². The van der Waals surface area contributed by atoms with Crippen LogP contribution in [0.15, 0.2) is 30.3 Å². The summed E-state index contributed by atoms with van der Waals surface area (Å²) in [5.41, 5.74) is 0.209. The zero-order valence-corrected chi connectivity index (χ0v) is 33.8. The molecule has 3 unspecified atom stereocenters. The molecule has 1 aliphatic carbocycles. The normalized spacial score (nSPS) is 20.4. The summed E-state index contributed by atoms with van der Waals surface area (Å²) in [5.74, 6) is -2.44. The number of aliphatic hydroxyl groups excluding tert-OH is 1. The van der Waals surface area contributed by atoms with Gasteiger partial charge in [-0.2, -0.15) is 0 Å². The van der Waals surface area contributed by atoms with Gasteiger partial charge in [-0.05, 0) is 49.5 Å². The molecule has 1 saturated carbocycles. The average molecular weight is 760 g/mol. The van der Waals surface area contributed by atoms with Crippen LogP contribution in [0.3, 0.4) is 0 Å². The van der Waals surface area contributed by atoms with E-state index in [4.69, 9.17) is 14.2 Å². The van der Waals surface area contributed by atoms with E-state index in [9.17, 15) is 29.1 Å². The molecule has 1 aromatic carbocycles. The third kappa shape index (κ3) is 11.2. The lowest BCUT2D eigenvalue weighted by atomic mass is 9.77. The van der Waals surface area contributed by atoms with E-state index in [0.29, 0.717) is 32.2 Å². The predicted molar refractivity (Wildman–Crippen MR) is 204 cm³/mol. The van der Waals surface area contributed by atoms with Gasteiger partial charge in [0.1, 0.15) is 12.1 Å². The van der Waals surface area contributed by atoms with Crippen molar-refractivity contribution in [3.63, 3.8) is 0 Å². The molecular weight excluding hydrogens is 694 g/mol. The summed E-state index contributed by atoms with van der Waals surface area (Å²) in [6.07, 6.45) is 3.23. The Labute approximate surface area is 321 Å². The summed E-state index contributed by atoms with van der Waals surface area (Å²) in [4.78, 5) is 71.0. The molecule has 0 spiro atoms. The highest BCUT2D eigenvalue weighted by atomic mass is 16.5. The number of urea groups is 1. The molecule has 304 valence electrons. The van der Waals surface area contributed by atoms with Crippen molar-refractivity contribution in [2.75, 3.05) is 41.5 Å². The van der Waals surface area contributed by atoms with Gasteiger partial charge in [-0.3, -0.25) is 14.4 Å². The molecule has 1 aromatic rings. The zero-order chi connectivity index (χ0) is 40.2. The molecule has 0 radical (unpaired) electrons. The maximum atomic E-state index is 14.2. The molecule has 3 rings (SSSR count). The van der Waals surface area contributed by atoms with Gasteiger partial charge in [-0.25, -0.2) is 9.59 Å². The van der Waals surface area contributed by atoms with Crippen LogP contribution in [0.5, 0.6) is 0 Å². The number of aliphatic hydroxyl groups is 1. The van der Waals surface area contributed by atoms with E-state index in [1.807, 2.05) is 58.0 Å². The van der Waals surface area contributed by atoms with Gasteiger partial charge in [0.15, 0.2) is 0 Å². The number of benzene rings is 1. The molecule has 0 bridgehead atoms. The van der Waals surface area contributed by atoms with Crippen molar-refractivity contribution in [3.05, 3.63) is 35.9 Å². The summed E-state index contributed by atoms with van der Waals surface area (Å²) in [5, 5.41) is 18.4. The second kappa shape index (κ2) is 20.8. The molecule has 1 aliphatic heterocycles. The maximum absolute atomic E-state index is 14.2. The summed E-state index contributed by atoms with van der Waals surface area (Å²) in [7, 11) is 6.02. The predicted octanol–water partition coefficient (Wildman–Crippen LogP) is 3.05. The Morgan fingerprint density at radius 1 is 0.981 bits per heavy atom. The molecule has 2 fully saturated rings. The molecule has 54 heavy (non-hydrogen) atoms. The Balaban J connectivity index is 1.75. The molecule has 4 N–H and O–H groups in total. The van der Waals surface area contributed by atoms with E-state index in [0.717, 1.165) is 18.4 Å². The van der Waals surface area contributed by atoms with E-state index in [1.165, 1.54) is 21.3 Å². The van der Waals surface area contributed by atoms with Crippen LogP contribution in [0.2, 0.25) is 0 Å². The number of carbonyl (C=O) groups excluding carboxylic acids is 5. The maximum Gasteiger partial charge on any atom is 0.328 e. The second-order valence-corrected chi connectivity index (χ2v) is 15.5. The smallest absolute Gasteiger partial charge is 0.328 e. The Hall–Kier alpha value is -3.75. The van der Waals surface area contributed by atoms with Crippen molar-refractivity contribution in [2.24, 2.45) is 17.8 Å². The molecule has 1 saturated heterocycles. The van der Waals surface area contributed by atoms with Crippen LogP contribution < -0.4 is 16.0 Å². The minimum Gasteiger partial charge on any atom is -0.467 e. The fourth-order valence-corrected chi connectivity index (χ4v) is 7.87. The molecule has 2 aliphatic rings. The lowest BCUT2D eigenvalue weighted by Gasteiger charge is -2.42. The number of nitrogens with zero attached hydrogens (tertiary/aromatic N) is 2. The van der Waals surface area contributed by atoms with Gasteiger partial charge in [-0.1, -0.05) is 71.4 Å². The van der Waals surface area contributed by atoms with Crippen LogP contribution in [-0.2, 0) is 39.8 Å². The van der Waals surface area contributed by atoms with Gasteiger partial charge in [-0.15, -0.1) is 0 Å². The van der Waals surface area contributed by atoms with Crippen LogP contribution in [0.4, 0.5) is 4.79 Å². The number of esters is 1. The number of hydrogen-bond acceptors (Lipinski definition) is 9. The topological polar surface area (TPSA) is 176 Å². The highest BCUT2D eigenvalue weighted by Crippen LogP contribution is 2.32. The quantitative estimate of drug-likeness (QED) is 0.146. The van der Waals surface area contributed by atoms with Gasteiger partial charge in [0, 0.05) is 34.2 Å². The first-order chi connectivity index (χ1) is 25.7. The lowest BCUT2D eigenvalue weighted by Crippen LogP contribution is -2.63. The minimum atomic E-state index is -0.898. The third-order valence-corrected chi connectivity index (χ3v) is 11.6. The third-order valence-electron chi connectivity index (χ3n) is 11.6. The molecule has 0 aromatic heterocycles. The zero-order valence-electron chi connectivity index (χ0n) is 33.8. The number of methoxy groups -OCH3 is 3. The second-order valence-electron chi connectivity index (χ2n) is 15.5. The van der Waals surface area contributed by atoms with E-state index in [1.54, 1.807) is 23.8 Å². The summed E-state index contributed by atoms with van der Waals surface area (Å²) >= 11 is 0. The van der Waals surface area contributed by atoms with Gasteiger partial charge < -0.3 is 45.1 Å². The first-order valence-corrected chi connectivity index (χ1v) is 19.4. The van der Waals surface area contributed by atoms with Gasteiger partial charge in [0.25, 0.3) is 0 Å². The van der Waals surface area contributed by atoms with Crippen molar-refractivity contribution in [1.29, 1.82) is 0 Å². The Morgan fingerprint density at radius 2 is 1.65 bits per heavy atom. The van der Waals surface area contributed by atoms with Crippen LogP contribution in [-0.4, -0.2) is 128 Å². The molecule has 14 nitrogen and oxygen atoms in total. The highest BCUT2D eigenvalue weighted by molar-refractivity contribution is 5.88. The van der Waals surface area contributed by atoms with Crippen LogP contribution in [0, 0.1) is 17.8 Å². The standard InChI is InChI=1S/C40H65N5O9/c1-10-26(4)34(44(6)37(49)33(25(2)3)42-39(51)43-40(24-46)19-15-20-40)31(52-7)23-32(47)45-21-14-18-30(45)35(53-8)27(5)36(48)41-29(38(50)54-9)22-28-16-12-11-13-17-28/h11-13,16-17,25-27,29-31,33-35,46H,10,14-15,18-24H2,1-9H3,(H,41,48)(H2,42,43,51)/t26-,27+,29?,30?,31+,33?,34-,35+/m0/s1. The summed E-state index contributed by atoms with van der Waals surface area (Å²) in [6.45, 7) is 9.78. The number of likely N-dealkylation sites (tertiary alicyclic amines) is 1. The summed E-state index contributed by atoms with van der Waals surface area (Å²) < 4.78 is 16.9. The summed E-state index contributed by atoms with van der Waals surface area (Å²) in [6, 6.07) is 6.20. The minimum absolute atomic E-state index is 0.0165. The van der Waals surface area contributed by atoms with Crippen LogP contribution >= 0.6 is 0 Å². The van der Waals surface area contributed by atoms with Gasteiger partial charge in [0.2, 0.25) is 17.7 Å². The largest absolute Gasteiger partial charge is 0.467 e. The molecule has 8 atom stereocenters. The Morgan fingerprint density at radius 3 is 2.17 bits per heavy atom. The number of rotatable bonds is 20. The SMILES string of the molecule is CC[C@H](C)[C@@H]([C@@H](CC(=O)N1CCCC1[C@H](OC)[C@@H](C)C(=O)NC(Cc1ccccc1)C(=O)OC)OC)N(C)C(=O)C(NC(=O)NC1(CO)CCC1)C(C)C. The first-order valence-electron chi connectivity index (χ1n) is 19.4. The molecular formula is C40H65N5O9. The van der Waals surface area contributed by atoms with Crippen molar-refractivity contribution >= 4 is 29.7 Å². The average Bonchev–Trinajstić information content (AvgIpc) is 3.64. The van der Waals surface area contributed by atoms with Crippen LogP contribution in [0.1, 0.15) is 85.1 Å². The lowest BCUT2D eigenvalue weighted by molar-refractivity contribution is -0.148. The number of amides is 5. The van der Waals surface area contributed by atoms with Crippen molar-refractivity contribution < 1.29 is 43.3 Å². The number of likely N-dealkylation sites (N-methyl/N-ethyl adjacent to an activating group) is 1. The number of nitrogens with one attached hydrogen (secondary N) is 3. The molecule has 5 amide bonds. The number of ether oxygens (including phenoxy) is 3. The van der Waals surface area contributed by atoms with Crippen molar-refractivity contribution in [3.8, 4) is 0 Å². The fraction of sp³-hybridized carbons (Fsp3) is 0.725. The number of hydrogen-bond donors (Lipinski definition) is 4. The van der Waals surface area contributed by atoms with Gasteiger partial charge in [0.05, 0.1) is 55.9 Å². The molecule has 14 heteroatoms.